The molecule has 0 fully saturated rings. The Balaban J connectivity index is 4.56. The Morgan fingerprint density at radius 1 is 1.37 bits per heavy atom. The average molecular weight is 290 g/mol. The number of ether oxygens (including phenoxy) is 1. The predicted molar refractivity (Wildman–Crippen MR) is 78.1 cm³/mol. The van der Waals surface area contributed by atoms with Gasteiger partial charge < -0.3 is 9.16 Å². The van der Waals surface area contributed by atoms with Gasteiger partial charge in [-0.1, -0.05) is 27.7 Å². The minimum Gasteiger partial charge on any atom is -0.461 e. The molecule has 5 heteroatoms. The zero-order valence-corrected chi connectivity index (χ0v) is 14.2. The highest BCUT2D eigenvalue weighted by atomic mass is 28.4. The summed E-state index contributed by atoms with van der Waals surface area (Å²) in [7, 11) is -1.98. The molecule has 112 valence electrons. The molecule has 0 bridgehead atoms. The van der Waals surface area contributed by atoms with Gasteiger partial charge in [-0.2, -0.15) is 4.39 Å². The van der Waals surface area contributed by atoms with Crippen LogP contribution in [0.4, 0.5) is 4.39 Å². The third-order valence-corrected chi connectivity index (χ3v) is 8.74. The Morgan fingerprint density at radius 2 is 1.89 bits per heavy atom. The summed E-state index contributed by atoms with van der Waals surface area (Å²) in [6.45, 7) is 14.8. The SMILES string of the molecule is CCOC(=O)/C(F)=C/CO[Si](C)(C)C(C)(C)C(C)C. The average Bonchev–Trinajstić information content (AvgIpc) is 2.28. The number of carbonyl (C=O) groups excluding carboxylic acids is 1. The van der Waals surface area contributed by atoms with Gasteiger partial charge >= 0.3 is 5.97 Å². The standard InChI is InChI=1S/C14H27FO3Si/c1-8-17-13(16)12(15)9-10-18-19(6,7)14(4,5)11(2)3/h9,11H,8,10H2,1-7H3/b12-9-. The van der Waals surface area contributed by atoms with Crippen molar-refractivity contribution in [3.63, 3.8) is 0 Å². The van der Waals surface area contributed by atoms with E-state index in [1.807, 2.05) is 0 Å². The Kier molecular flexibility index (Phi) is 6.93. The summed E-state index contributed by atoms with van der Waals surface area (Å²) in [5.41, 5.74) is 0. The lowest BCUT2D eigenvalue weighted by molar-refractivity contribution is -0.140. The first kappa shape index (κ1) is 18.3. The highest BCUT2D eigenvalue weighted by Crippen LogP contribution is 2.44. The van der Waals surface area contributed by atoms with Crippen molar-refractivity contribution in [1.82, 2.24) is 0 Å². The molecular weight excluding hydrogens is 263 g/mol. The maximum absolute atomic E-state index is 13.3. The largest absolute Gasteiger partial charge is 0.461 e. The molecule has 0 heterocycles. The van der Waals surface area contributed by atoms with E-state index in [1.54, 1.807) is 6.92 Å². The van der Waals surface area contributed by atoms with E-state index in [0.29, 0.717) is 5.92 Å². The first-order valence-corrected chi connectivity index (χ1v) is 9.63. The van der Waals surface area contributed by atoms with Gasteiger partial charge in [-0.3, -0.25) is 0 Å². The van der Waals surface area contributed by atoms with E-state index in [2.05, 4.69) is 45.5 Å². The van der Waals surface area contributed by atoms with Crippen LogP contribution in [0.1, 0.15) is 34.6 Å². The third kappa shape index (κ3) is 5.07. The van der Waals surface area contributed by atoms with Crippen molar-refractivity contribution in [2.45, 2.75) is 52.8 Å². The van der Waals surface area contributed by atoms with Crippen LogP contribution in [0, 0.1) is 5.92 Å². The van der Waals surface area contributed by atoms with Crippen molar-refractivity contribution in [2.75, 3.05) is 13.2 Å². The monoisotopic (exact) mass is 290 g/mol. The molecule has 0 aliphatic heterocycles. The molecule has 0 radical (unpaired) electrons. The molecule has 3 nitrogen and oxygen atoms in total. The van der Waals surface area contributed by atoms with Crippen LogP contribution in [0.25, 0.3) is 0 Å². The van der Waals surface area contributed by atoms with Gasteiger partial charge in [-0.15, -0.1) is 0 Å². The second-order valence-corrected chi connectivity index (χ2v) is 10.6. The minimum atomic E-state index is -1.98. The smallest absolute Gasteiger partial charge is 0.366 e. The molecule has 0 saturated heterocycles. The summed E-state index contributed by atoms with van der Waals surface area (Å²) in [4.78, 5) is 11.1. The van der Waals surface area contributed by atoms with E-state index < -0.39 is 20.1 Å². The van der Waals surface area contributed by atoms with Gasteiger partial charge in [-0.05, 0) is 37.0 Å². The summed E-state index contributed by atoms with van der Waals surface area (Å²) in [6, 6.07) is 0. The van der Waals surface area contributed by atoms with Gasteiger partial charge in [0.1, 0.15) is 0 Å². The van der Waals surface area contributed by atoms with Crippen molar-refractivity contribution in [2.24, 2.45) is 5.92 Å². The summed E-state index contributed by atoms with van der Waals surface area (Å²) >= 11 is 0. The molecule has 0 aliphatic carbocycles. The van der Waals surface area contributed by atoms with Crippen LogP contribution in [0.5, 0.6) is 0 Å². The molecule has 0 aromatic rings. The predicted octanol–water partition coefficient (Wildman–Crippen LogP) is 4.06. The Bertz CT molecular complexity index is 336. The molecular formula is C14H27FO3Si. The van der Waals surface area contributed by atoms with Crippen molar-refractivity contribution in [3.05, 3.63) is 11.9 Å². The zero-order valence-electron chi connectivity index (χ0n) is 13.2. The topological polar surface area (TPSA) is 35.5 Å². The molecule has 0 N–H and O–H groups in total. The summed E-state index contributed by atoms with van der Waals surface area (Å²) in [5.74, 6) is -1.32. The molecule has 19 heavy (non-hydrogen) atoms. The van der Waals surface area contributed by atoms with E-state index in [0.717, 1.165) is 6.08 Å². The second kappa shape index (κ2) is 7.19. The number of hydrogen-bond acceptors (Lipinski definition) is 3. The molecule has 0 saturated carbocycles. The van der Waals surface area contributed by atoms with E-state index in [-0.39, 0.29) is 18.3 Å². The number of carbonyl (C=O) groups is 1. The summed E-state index contributed by atoms with van der Waals surface area (Å²) < 4.78 is 23.8. The van der Waals surface area contributed by atoms with Crippen LogP contribution in [0.2, 0.25) is 18.1 Å². The molecule has 0 aromatic heterocycles. The molecule has 0 atom stereocenters. The first-order chi connectivity index (χ1) is 8.56. The maximum Gasteiger partial charge on any atom is 0.366 e. The van der Waals surface area contributed by atoms with Gasteiger partial charge in [0.15, 0.2) is 8.32 Å². The summed E-state index contributed by atoms with van der Waals surface area (Å²) in [5, 5.41) is 0.0707. The minimum absolute atomic E-state index is 0.0707. The lowest BCUT2D eigenvalue weighted by atomic mass is 9.99. The van der Waals surface area contributed by atoms with Gasteiger partial charge in [0.2, 0.25) is 5.83 Å². The second-order valence-electron chi connectivity index (χ2n) is 5.97. The Labute approximate surface area is 117 Å². The molecule has 0 aliphatic rings. The fourth-order valence-corrected chi connectivity index (χ4v) is 3.75. The van der Waals surface area contributed by atoms with Crippen molar-refractivity contribution >= 4 is 14.3 Å². The number of esters is 1. The molecule has 0 spiro atoms. The Hall–Kier alpha value is -0.683. The van der Waals surface area contributed by atoms with Crippen LogP contribution in [0.15, 0.2) is 11.9 Å². The van der Waals surface area contributed by atoms with Crippen LogP contribution in [-0.4, -0.2) is 27.5 Å². The van der Waals surface area contributed by atoms with Crippen LogP contribution in [0.3, 0.4) is 0 Å². The number of hydrogen-bond donors (Lipinski definition) is 0. The van der Waals surface area contributed by atoms with E-state index in [1.165, 1.54) is 0 Å². The van der Waals surface area contributed by atoms with E-state index in [4.69, 9.17) is 4.43 Å². The maximum atomic E-state index is 13.3. The van der Waals surface area contributed by atoms with E-state index in [9.17, 15) is 9.18 Å². The van der Waals surface area contributed by atoms with Gasteiger partial charge in [-0.25, -0.2) is 4.79 Å². The van der Waals surface area contributed by atoms with Crippen LogP contribution < -0.4 is 0 Å². The summed E-state index contributed by atoms with van der Waals surface area (Å²) in [6.07, 6.45) is 1.16. The van der Waals surface area contributed by atoms with Gasteiger partial charge in [0.25, 0.3) is 0 Å². The normalized spacial score (nSPS) is 13.8. The molecule has 0 aromatic carbocycles. The van der Waals surface area contributed by atoms with Crippen molar-refractivity contribution < 1.29 is 18.3 Å². The van der Waals surface area contributed by atoms with Crippen molar-refractivity contribution in [3.8, 4) is 0 Å². The fourth-order valence-electron chi connectivity index (χ4n) is 1.49. The lowest BCUT2D eigenvalue weighted by Crippen LogP contribution is -2.45. The number of halogens is 1. The van der Waals surface area contributed by atoms with Crippen LogP contribution in [-0.2, 0) is 14.0 Å². The van der Waals surface area contributed by atoms with E-state index >= 15 is 0 Å². The zero-order chi connectivity index (χ0) is 15.3. The third-order valence-electron chi connectivity index (χ3n) is 4.17. The number of rotatable bonds is 7. The van der Waals surface area contributed by atoms with Crippen molar-refractivity contribution in [1.29, 1.82) is 0 Å². The first-order valence-electron chi connectivity index (χ1n) is 6.73. The van der Waals surface area contributed by atoms with Gasteiger partial charge in [0.05, 0.1) is 13.2 Å². The molecule has 0 unspecified atom stereocenters. The molecule has 0 rings (SSSR count). The van der Waals surface area contributed by atoms with Gasteiger partial charge in [0, 0.05) is 0 Å². The quantitative estimate of drug-likeness (QED) is 0.403. The van der Waals surface area contributed by atoms with Crippen LogP contribution >= 0.6 is 0 Å². The lowest BCUT2D eigenvalue weighted by Gasteiger charge is -2.42. The highest BCUT2D eigenvalue weighted by Gasteiger charge is 2.43. The molecule has 0 amide bonds. The highest BCUT2D eigenvalue weighted by molar-refractivity contribution is 6.74. The Morgan fingerprint density at radius 3 is 2.32 bits per heavy atom. The fraction of sp³-hybridized carbons (Fsp3) is 0.786.